The van der Waals surface area contributed by atoms with Crippen LogP contribution in [0.3, 0.4) is 0 Å². The van der Waals surface area contributed by atoms with Gasteiger partial charge in [-0.25, -0.2) is 0 Å². The molecule has 1 amide bonds. The molecule has 0 saturated heterocycles. The van der Waals surface area contributed by atoms with Gasteiger partial charge in [-0.1, -0.05) is 56.1 Å². The van der Waals surface area contributed by atoms with E-state index in [1.54, 1.807) is 18.0 Å². The summed E-state index contributed by atoms with van der Waals surface area (Å²) < 4.78 is 0. The summed E-state index contributed by atoms with van der Waals surface area (Å²) in [6, 6.07) is 5.30. The third-order valence-corrected chi connectivity index (χ3v) is 4.03. The molecule has 0 aliphatic carbocycles. The molecule has 0 bridgehead atoms. The van der Waals surface area contributed by atoms with Gasteiger partial charge in [0, 0.05) is 26.1 Å². The van der Waals surface area contributed by atoms with Gasteiger partial charge in [0.2, 0.25) is 5.91 Å². The van der Waals surface area contributed by atoms with Crippen LogP contribution in [-0.4, -0.2) is 23.9 Å². The molecule has 118 valence electrons. The van der Waals surface area contributed by atoms with Gasteiger partial charge in [0.15, 0.2) is 0 Å². The molecule has 2 N–H and O–H groups in total. The Morgan fingerprint density at radius 3 is 2.52 bits per heavy atom. The van der Waals surface area contributed by atoms with Crippen LogP contribution < -0.4 is 5.73 Å². The number of carbonyl (C=O) groups is 1. The molecule has 5 heteroatoms. The topological polar surface area (TPSA) is 46.3 Å². The smallest absolute Gasteiger partial charge is 0.224 e. The Morgan fingerprint density at radius 1 is 1.33 bits per heavy atom. The van der Waals surface area contributed by atoms with Gasteiger partial charge in [0.05, 0.1) is 10.0 Å². The normalized spacial score (nSPS) is 13.1. The highest BCUT2D eigenvalue weighted by atomic mass is 35.5. The van der Waals surface area contributed by atoms with Crippen molar-refractivity contribution >= 4 is 29.1 Å². The molecule has 0 aliphatic rings. The van der Waals surface area contributed by atoms with Crippen molar-refractivity contribution in [2.45, 2.75) is 46.2 Å². The Labute approximate surface area is 137 Å². The molecule has 0 aliphatic heterocycles. The number of rotatable bonds is 5. The fourth-order valence-corrected chi connectivity index (χ4v) is 2.63. The number of halogens is 2. The van der Waals surface area contributed by atoms with Gasteiger partial charge in [-0.3, -0.25) is 4.79 Å². The zero-order valence-corrected chi connectivity index (χ0v) is 14.6. The number of hydrogen-bond acceptors (Lipinski definition) is 2. The molecule has 1 aromatic carbocycles. The summed E-state index contributed by atoms with van der Waals surface area (Å²) in [6.07, 6.45) is 1.15. The first-order chi connectivity index (χ1) is 9.60. The first-order valence-corrected chi connectivity index (χ1v) is 7.78. The minimum absolute atomic E-state index is 0.0165. The predicted molar refractivity (Wildman–Crippen MR) is 89.6 cm³/mol. The number of carbonyl (C=O) groups excluding carboxylic acids is 1. The second-order valence-electron chi connectivity index (χ2n) is 6.69. The van der Waals surface area contributed by atoms with Gasteiger partial charge in [-0.05, 0) is 23.5 Å². The maximum atomic E-state index is 12.2. The minimum Gasteiger partial charge on any atom is -0.341 e. The van der Waals surface area contributed by atoms with Crippen molar-refractivity contribution in [1.29, 1.82) is 0 Å². The van der Waals surface area contributed by atoms with Gasteiger partial charge in [0.25, 0.3) is 0 Å². The predicted octanol–water partition coefficient (Wildman–Crippen LogP) is 4.11. The van der Waals surface area contributed by atoms with Crippen LogP contribution in [0.15, 0.2) is 18.2 Å². The van der Waals surface area contributed by atoms with Crippen molar-refractivity contribution in [3.63, 3.8) is 0 Å². The van der Waals surface area contributed by atoms with Crippen LogP contribution in [-0.2, 0) is 11.3 Å². The molecular weight excluding hydrogens is 307 g/mol. The Morgan fingerprint density at radius 2 is 1.95 bits per heavy atom. The quantitative estimate of drug-likeness (QED) is 0.883. The lowest BCUT2D eigenvalue weighted by molar-refractivity contribution is -0.130. The minimum atomic E-state index is -0.130. The number of benzene rings is 1. The van der Waals surface area contributed by atoms with E-state index >= 15 is 0 Å². The van der Waals surface area contributed by atoms with E-state index in [1.165, 1.54) is 0 Å². The van der Waals surface area contributed by atoms with Crippen LogP contribution in [0, 0.1) is 5.41 Å². The van der Waals surface area contributed by atoms with Gasteiger partial charge < -0.3 is 10.6 Å². The van der Waals surface area contributed by atoms with Crippen molar-refractivity contribution in [2.75, 3.05) is 7.05 Å². The van der Waals surface area contributed by atoms with Gasteiger partial charge >= 0.3 is 0 Å². The zero-order valence-electron chi connectivity index (χ0n) is 13.1. The molecule has 0 fully saturated rings. The van der Waals surface area contributed by atoms with Crippen LogP contribution in [0.1, 0.15) is 39.2 Å². The van der Waals surface area contributed by atoms with Crippen LogP contribution in [0.2, 0.25) is 10.0 Å². The molecule has 1 rings (SSSR count). The highest BCUT2D eigenvalue weighted by Crippen LogP contribution is 2.26. The molecule has 1 atom stereocenters. The van der Waals surface area contributed by atoms with Crippen LogP contribution >= 0.6 is 23.2 Å². The first-order valence-electron chi connectivity index (χ1n) is 7.02. The second-order valence-corrected chi connectivity index (χ2v) is 7.48. The summed E-state index contributed by atoms with van der Waals surface area (Å²) in [4.78, 5) is 13.8. The fraction of sp³-hybridized carbons (Fsp3) is 0.562. The third-order valence-electron chi connectivity index (χ3n) is 3.18. The molecule has 0 saturated carbocycles. The fourth-order valence-electron chi connectivity index (χ4n) is 2.25. The number of nitrogens with zero attached hydrogens (tertiary/aromatic N) is 1. The first kappa shape index (κ1) is 18.3. The number of amides is 1. The molecule has 0 radical (unpaired) electrons. The van der Waals surface area contributed by atoms with Crippen molar-refractivity contribution in [1.82, 2.24) is 4.90 Å². The average molecular weight is 331 g/mol. The van der Waals surface area contributed by atoms with Crippen LogP contribution in [0.5, 0.6) is 0 Å². The van der Waals surface area contributed by atoms with E-state index in [0.717, 1.165) is 12.0 Å². The molecule has 21 heavy (non-hydrogen) atoms. The molecule has 1 unspecified atom stereocenters. The SMILES string of the molecule is CN(Cc1cccc(Cl)c1Cl)C(=O)CC(N)CC(C)(C)C. The molecule has 0 spiro atoms. The van der Waals surface area contributed by atoms with E-state index in [-0.39, 0.29) is 17.4 Å². The van der Waals surface area contributed by atoms with Gasteiger partial charge in [0.1, 0.15) is 0 Å². The third kappa shape index (κ3) is 6.25. The largest absolute Gasteiger partial charge is 0.341 e. The molecular formula is C16H24Cl2N2O. The molecule has 0 aromatic heterocycles. The molecule has 3 nitrogen and oxygen atoms in total. The summed E-state index contributed by atoms with van der Waals surface area (Å²) in [5.74, 6) is 0.0165. The summed E-state index contributed by atoms with van der Waals surface area (Å²) in [5.41, 5.74) is 7.01. The highest BCUT2D eigenvalue weighted by Gasteiger charge is 2.20. The van der Waals surface area contributed by atoms with E-state index < -0.39 is 0 Å². The standard InChI is InChI=1S/C16H24Cl2N2O/c1-16(2,3)9-12(19)8-14(21)20(4)10-11-6-5-7-13(17)15(11)18/h5-7,12H,8-10,19H2,1-4H3. The van der Waals surface area contributed by atoms with Crippen molar-refractivity contribution < 1.29 is 4.79 Å². The number of hydrogen-bond donors (Lipinski definition) is 1. The second kappa shape index (κ2) is 7.48. The van der Waals surface area contributed by atoms with Crippen LogP contribution in [0.25, 0.3) is 0 Å². The maximum absolute atomic E-state index is 12.2. The lowest BCUT2D eigenvalue weighted by Crippen LogP contribution is -2.35. The van der Waals surface area contributed by atoms with Crippen molar-refractivity contribution in [2.24, 2.45) is 11.1 Å². The summed E-state index contributed by atoms with van der Waals surface area (Å²) in [5, 5.41) is 0.997. The Bertz CT molecular complexity index is 498. The Balaban J connectivity index is 2.61. The van der Waals surface area contributed by atoms with Gasteiger partial charge in [-0.15, -0.1) is 0 Å². The van der Waals surface area contributed by atoms with Crippen LogP contribution in [0.4, 0.5) is 0 Å². The molecule has 1 aromatic rings. The maximum Gasteiger partial charge on any atom is 0.224 e. The Hall–Kier alpha value is -0.770. The van der Waals surface area contributed by atoms with E-state index in [4.69, 9.17) is 28.9 Å². The van der Waals surface area contributed by atoms with Gasteiger partial charge in [-0.2, -0.15) is 0 Å². The van der Waals surface area contributed by atoms with Crippen molar-refractivity contribution in [3.8, 4) is 0 Å². The molecule has 0 heterocycles. The highest BCUT2D eigenvalue weighted by molar-refractivity contribution is 6.42. The van der Waals surface area contributed by atoms with Crippen molar-refractivity contribution in [3.05, 3.63) is 33.8 Å². The van der Waals surface area contributed by atoms with E-state index in [2.05, 4.69) is 20.8 Å². The monoisotopic (exact) mass is 330 g/mol. The summed E-state index contributed by atoms with van der Waals surface area (Å²) in [7, 11) is 1.75. The number of nitrogens with two attached hydrogens (primary N) is 1. The van der Waals surface area contributed by atoms with E-state index in [9.17, 15) is 4.79 Å². The Kier molecular flexibility index (Phi) is 6.51. The van der Waals surface area contributed by atoms with E-state index in [0.29, 0.717) is 23.0 Å². The summed E-state index contributed by atoms with van der Waals surface area (Å²) >= 11 is 12.1. The average Bonchev–Trinajstić information content (AvgIpc) is 2.32. The summed E-state index contributed by atoms with van der Waals surface area (Å²) in [6.45, 7) is 6.78. The zero-order chi connectivity index (χ0) is 16.2. The lowest BCUT2D eigenvalue weighted by atomic mass is 9.87. The lowest BCUT2D eigenvalue weighted by Gasteiger charge is -2.25. The van der Waals surface area contributed by atoms with E-state index in [1.807, 2.05) is 12.1 Å².